The molecule has 0 amide bonds. The number of aromatic nitrogens is 5. The van der Waals surface area contributed by atoms with Gasteiger partial charge in [0, 0.05) is 30.7 Å². The third-order valence-corrected chi connectivity index (χ3v) is 3.80. The zero-order chi connectivity index (χ0) is 15.6. The van der Waals surface area contributed by atoms with E-state index in [-0.39, 0.29) is 0 Å². The molecule has 114 valence electrons. The average Bonchev–Trinajstić information content (AvgIpc) is 3.19. The van der Waals surface area contributed by atoms with Crippen molar-refractivity contribution in [1.82, 2.24) is 24.1 Å². The van der Waals surface area contributed by atoms with E-state index in [9.17, 15) is 0 Å². The highest BCUT2D eigenvalue weighted by Gasteiger charge is 2.04. The van der Waals surface area contributed by atoms with Crippen LogP contribution in [0.4, 0.5) is 5.69 Å². The lowest BCUT2D eigenvalue weighted by molar-refractivity contribution is 0.812. The second kappa shape index (κ2) is 5.57. The topological polar surface area (TPSA) is 60.0 Å². The first kappa shape index (κ1) is 13.5. The molecule has 0 fully saturated rings. The van der Waals surface area contributed by atoms with E-state index in [0.717, 1.165) is 28.4 Å². The van der Waals surface area contributed by atoms with Crippen LogP contribution < -0.4 is 5.32 Å². The van der Waals surface area contributed by atoms with E-state index in [1.165, 1.54) is 0 Å². The van der Waals surface area contributed by atoms with E-state index in [2.05, 4.69) is 44.8 Å². The molecule has 0 aliphatic heterocycles. The first-order valence-corrected chi connectivity index (χ1v) is 7.40. The quantitative estimate of drug-likeness (QED) is 0.630. The maximum Gasteiger partial charge on any atom is 0.151 e. The fraction of sp³-hybridized carbons (Fsp3) is 0.118. The largest absolute Gasteiger partial charge is 0.378 e. The Morgan fingerprint density at radius 3 is 2.70 bits per heavy atom. The number of aryl methyl sites for hydroxylation is 1. The van der Waals surface area contributed by atoms with Crippen molar-refractivity contribution in [3.63, 3.8) is 0 Å². The third kappa shape index (κ3) is 2.66. The fourth-order valence-corrected chi connectivity index (χ4v) is 2.48. The number of anilines is 1. The molecule has 0 spiro atoms. The molecular weight excluding hydrogens is 288 g/mol. The Kier molecular flexibility index (Phi) is 3.27. The van der Waals surface area contributed by atoms with Crippen molar-refractivity contribution >= 4 is 11.3 Å². The first-order valence-electron chi connectivity index (χ1n) is 7.40. The number of hydrogen-bond acceptors (Lipinski definition) is 4. The minimum absolute atomic E-state index is 0.643. The summed E-state index contributed by atoms with van der Waals surface area (Å²) in [5, 5.41) is 11.3. The van der Waals surface area contributed by atoms with Gasteiger partial charge in [0.1, 0.15) is 12.0 Å². The minimum atomic E-state index is 0.643. The fourth-order valence-electron chi connectivity index (χ4n) is 2.48. The predicted molar refractivity (Wildman–Crippen MR) is 89.0 cm³/mol. The van der Waals surface area contributed by atoms with Gasteiger partial charge in [-0.15, -0.1) is 10.2 Å². The monoisotopic (exact) mass is 304 g/mol. The van der Waals surface area contributed by atoms with Gasteiger partial charge in [-0.25, -0.2) is 4.98 Å². The smallest absolute Gasteiger partial charge is 0.151 e. The van der Waals surface area contributed by atoms with Crippen LogP contribution in [-0.4, -0.2) is 24.1 Å². The van der Waals surface area contributed by atoms with Gasteiger partial charge in [-0.05, 0) is 24.3 Å². The number of rotatable bonds is 4. The highest BCUT2D eigenvalue weighted by Crippen LogP contribution is 2.21. The van der Waals surface area contributed by atoms with Gasteiger partial charge in [0.15, 0.2) is 5.82 Å². The Hall–Kier alpha value is -3.15. The molecule has 1 N–H and O–H groups in total. The van der Waals surface area contributed by atoms with Crippen LogP contribution in [0.25, 0.3) is 16.9 Å². The van der Waals surface area contributed by atoms with Crippen molar-refractivity contribution in [1.29, 1.82) is 0 Å². The van der Waals surface area contributed by atoms with Gasteiger partial charge in [-0.1, -0.05) is 18.2 Å². The average molecular weight is 304 g/mol. The van der Waals surface area contributed by atoms with E-state index >= 15 is 0 Å². The SMILES string of the molecule is Cn1cnnc1CNc1ccc(-c2cn3ccccc3n2)cc1. The number of hydrogen-bond donors (Lipinski definition) is 1. The lowest BCUT2D eigenvalue weighted by atomic mass is 10.1. The summed E-state index contributed by atoms with van der Waals surface area (Å²) in [6.07, 6.45) is 5.74. The molecule has 0 aliphatic rings. The number of benzene rings is 1. The van der Waals surface area contributed by atoms with Crippen molar-refractivity contribution in [3.05, 3.63) is 67.0 Å². The molecule has 6 heteroatoms. The molecule has 3 heterocycles. The van der Waals surface area contributed by atoms with Crippen molar-refractivity contribution in [3.8, 4) is 11.3 Å². The van der Waals surface area contributed by atoms with Gasteiger partial charge in [-0.2, -0.15) is 0 Å². The van der Waals surface area contributed by atoms with E-state index in [1.807, 2.05) is 46.6 Å². The van der Waals surface area contributed by atoms with Gasteiger partial charge in [0.25, 0.3) is 0 Å². The van der Waals surface area contributed by atoms with Crippen LogP contribution in [0.5, 0.6) is 0 Å². The zero-order valence-corrected chi connectivity index (χ0v) is 12.7. The van der Waals surface area contributed by atoms with Crippen LogP contribution in [0.3, 0.4) is 0 Å². The van der Waals surface area contributed by atoms with Crippen molar-refractivity contribution in [2.45, 2.75) is 6.54 Å². The Bertz CT molecular complexity index is 902. The Balaban J connectivity index is 1.52. The van der Waals surface area contributed by atoms with Crippen molar-refractivity contribution in [2.75, 3.05) is 5.32 Å². The number of nitrogens with one attached hydrogen (secondary N) is 1. The van der Waals surface area contributed by atoms with Crippen molar-refractivity contribution in [2.24, 2.45) is 7.05 Å². The summed E-state index contributed by atoms with van der Waals surface area (Å²) >= 11 is 0. The summed E-state index contributed by atoms with van der Waals surface area (Å²) in [6.45, 7) is 0.643. The third-order valence-electron chi connectivity index (χ3n) is 3.80. The number of pyridine rings is 1. The molecule has 0 saturated carbocycles. The molecule has 0 saturated heterocycles. The normalized spacial score (nSPS) is 11.0. The molecule has 0 radical (unpaired) electrons. The van der Waals surface area contributed by atoms with E-state index in [0.29, 0.717) is 6.54 Å². The number of imidazole rings is 1. The Morgan fingerprint density at radius 2 is 1.96 bits per heavy atom. The summed E-state index contributed by atoms with van der Waals surface area (Å²) < 4.78 is 3.92. The summed E-state index contributed by atoms with van der Waals surface area (Å²) in [5.74, 6) is 0.898. The number of nitrogens with zero attached hydrogens (tertiary/aromatic N) is 5. The minimum Gasteiger partial charge on any atom is -0.378 e. The van der Waals surface area contributed by atoms with Gasteiger partial charge >= 0.3 is 0 Å². The molecule has 3 aromatic heterocycles. The van der Waals surface area contributed by atoms with Crippen LogP contribution in [0.15, 0.2) is 61.2 Å². The van der Waals surface area contributed by atoms with Crippen molar-refractivity contribution < 1.29 is 0 Å². The van der Waals surface area contributed by atoms with Crippen LogP contribution in [0.1, 0.15) is 5.82 Å². The molecule has 4 rings (SSSR count). The Labute approximate surface area is 133 Å². The summed E-state index contributed by atoms with van der Waals surface area (Å²) in [4.78, 5) is 4.63. The van der Waals surface area contributed by atoms with Crippen LogP contribution in [0, 0.1) is 0 Å². The van der Waals surface area contributed by atoms with Crippen LogP contribution >= 0.6 is 0 Å². The molecule has 0 unspecified atom stereocenters. The second-order valence-corrected chi connectivity index (χ2v) is 5.38. The molecule has 4 aromatic rings. The van der Waals surface area contributed by atoms with Gasteiger partial charge in [0.2, 0.25) is 0 Å². The highest BCUT2D eigenvalue weighted by molar-refractivity contribution is 5.65. The summed E-state index contributed by atoms with van der Waals surface area (Å²) in [6, 6.07) is 14.2. The maximum absolute atomic E-state index is 4.63. The molecule has 6 nitrogen and oxygen atoms in total. The Morgan fingerprint density at radius 1 is 1.09 bits per heavy atom. The second-order valence-electron chi connectivity index (χ2n) is 5.38. The molecule has 23 heavy (non-hydrogen) atoms. The predicted octanol–water partition coefficient (Wildman–Crippen LogP) is 2.74. The van der Waals surface area contributed by atoms with E-state index in [4.69, 9.17) is 0 Å². The van der Waals surface area contributed by atoms with Crippen LogP contribution in [-0.2, 0) is 13.6 Å². The zero-order valence-electron chi connectivity index (χ0n) is 12.7. The van der Waals surface area contributed by atoms with E-state index in [1.54, 1.807) is 6.33 Å². The lowest BCUT2D eigenvalue weighted by Crippen LogP contribution is -2.05. The molecule has 0 bridgehead atoms. The summed E-state index contributed by atoms with van der Waals surface area (Å²) in [5.41, 5.74) is 4.06. The van der Waals surface area contributed by atoms with Gasteiger partial charge in [-0.3, -0.25) is 0 Å². The van der Waals surface area contributed by atoms with Gasteiger partial charge < -0.3 is 14.3 Å². The standard InChI is InChI=1S/C17H16N6/c1-22-12-19-21-17(22)10-18-14-7-5-13(6-8-14)15-11-23-9-3-2-4-16(23)20-15/h2-9,11-12,18H,10H2,1H3. The molecular formula is C17H16N6. The van der Waals surface area contributed by atoms with E-state index < -0.39 is 0 Å². The highest BCUT2D eigenvalue weighted by atomic mass is 15.3. The van der Waals surface area contributed by atoms with Crippen LogP contribution in [0.2, 0.25) is 0 Å². The summed E-state index contributed by atoms with van der Waals surface area (Å²) in [7, 11) is 1.93. The lowest BCUT2D eigenvalue weighted by Gasteiger charge is -2.06. The van der Waals surface area contributed by atoms with Gasteiger partial charge in [0.05, 0.1) is 12.2 Å². The number of fused-ring (bicyclic) bond motifs is 1. The maximum atomic E-state index is 4.63. The molecule has 1 aromatic carbocycles. The first-order chi connectivity index (χ1) is 11.3. The molecule has 0 aliphatic carbocycles. The molecule has 0 atom stereocenters.